The maximum atomic E-state index is 14.3. The number of aromatic amines is 1. The van der Waals surface area contributed by atoms with Crippen LogP contribution < -0.4 is 0 Å². The number of hydrogen-bond donors (Lipinski definition) is 2. The van der Waals surface area contributed by atoms with E-state index in [0.717, 1.165) is 11.1 Å². The second kappa shape index (κ2) is 7.16. The Hall–Kier alpha value is -2.73. The Kier molecular flexibility index (Phi) is 4.66. The zero-order valence-corrected chi connectivity index (χ0v) is 17.7. The summed E-state index contributed by atoms with van der Waals surface area (Å²) in [5, 5.41) is 10.4. The standard InChI is InChI=1S/C25H26F2N2O2/c1-14-9-15(2)22-19(7-8-28-22)21(14)13-29-12-18-10-25(26,27)11-20(18)23(29)16-3-5-17(6-4-16)24(30)31/h3-9,18,20,23,28H,10-13H2,1-2H3,(H,30,31). The zero-order valence-electron chi connectivity index (χ0n) is 17.7. The predicted molar refractivity (Wildman–Crippen MR) is 115 cm³/mol. The lowest BCUT2D eigenvalue weighted by Crippen LogP contribution is -2.28. The highest BCUT2D eigenvalue weighted by Crippen LogP contribution is 2.55. The van der Waals surface area contributed by atoms with Gasteiger partial charge in [0.25, 0.3) is 0 Å². The number of carboxylic acid groups (broad SMARTS) is 1. The molecule has 3 atom stereocenters. The van der Waals surface area contributed by atoms with Crippen molar-refractivity contribution in [2.24, 2.45) is 11.8 Å². The molecule has 162 valence electrons. The smallest absolute Gasteiger partial charge is 0.335 e. The topological polar surface area (TPSA) is 56.3 Å². The Labute approximate surface area is 179 Å². The molecule has 0 radical (unpaired) electrons. The number of benzene rings is 2. The van der Waals surface area contributed by atoms with E-state index in [1.807, 2.05) is 6.20 Å². The van der Waals surface area contributed by atoms with Gasteiger partial charge in [0, 0.05) is 49.1 Å². The highest BCUT2D eigenvalue weighted by atomic mass is 19.3. The largest absolute Gasteiger partial charge is 0.478 e. The first-order valence-electron chi connectivity index (χ1n) is 10.7. The number of likely N-dealkylation sites (tertiary alicyclic amines) is 1. The van der Waals surface area contributed by atoms with Crippen LogP contribution in [0.3, 0.4) is 0 Å². The van der Waals surface area contributed by atoms with E-state index in [0.29, 0.717) is 13.1 Å². The first kappa shape index (κ1) is 20.2. The van der Waals surface area contributed by atoms with Crippen molar-refractivity contribution in [3.05, 3.63) is 70.4 Å². The van der Waals surface area contributed by atoms with E-state index in [1.54, 1.807) is 24.3 Å². The van der Waals surface area contributed by atoms with Crippen LogP contribution in [-0.2, 0) is 6.54 Å². The molecule has 5 rings (SSSR count). The third kappa shape index (κ3) is 3.43. The number of carbonyl (C=O) groups is 1. The summed E-state index contributed by atoms with van der Waals surface area (Å²) >= 11 is 0. The zero-order chi connectivity index (χ0) is 21.9. The molecule has 2 N–H and O–H groups in total. The van der Waals surface area contributed by atoms with E-state index in [9.17, 15) is 18.7 Å². The van der Waals surface area contributed by atoms with Crippen LogP contribution in [0.4, 0.5) is 8.78 Å². The Morgan fingerprint density at radius 3 is 2.61 bits per heavy atom. The van der Waals surface area contributed by atoms with Crippen molar-refractivity contribution in [2.75, 3.05) is 6.54 Å². The van der Waals surface area contributed by atoms with E-state index in [1.165, 1.54) is 22.1 Å². The summed E-state index contributed by atoms with van der Waals surface area (Å²) in [4.78, 5) is 16.9. The quantitative estimate of drug-likeness (QED) is 0.565. The van der Waals surface area contributed by atoms with Crippen molar-refractivity contribution in [3.8, 4) is 0 Å². The number of rotatable bonds is 4. The number of aromatic nitrogens is 1. The molecule has 0 bridgehead atoms. The van der Waals surface area contributed by atoms with Crippen molar-refractivity contribution < 1.29 is 18.7 Å². The number of aromatic carboxylic acids is 1. The number of H-pyrrole nitrogens is 1. The first-order valence-corrected chi connectivity index (χ1v) is 10.7. The van der Waals surface area contributed by atoms with Gasteiger partial charge in [0.15, 0.2) is 0 Å². The molecule has 1 aromatic heterocycles. The van der Waals surface area contributed by atoms with Crippen LogP contribution in [0.25, 0.3) is 10.9 Å². The van der Waals surface area contributed by atoms with Crippen LogP contribution in [0.15, 0.2) is 42.6 Å². The van der Waals surface area contributed by atoms with E-state index in [2.05, 4.69) is 35.9 Å². The molecule has 1 aliphatic carbocycles. The fourth-order valence-electron chi connectivity index (χ4n) is 5.89. The lowest BCUT2D eigenvalue weighted by molar-refractivity contribution is -0.00719. The highest BCUT2D eigenvalue weighted by molar-refractivity contribution is 5.88. The van der Waals surface area contributed by atoms with Crippen molar-refractivity contribution in [3.63, 3.8) is 0 Å². The molecule has 0 spiro atoms. The Morgan fingerprint density at radius 2 is 1.90 bits per heavy atom. The third-order valence-corrected chi connectivity index (χ3v) is 7.20. The van der Waals surface area contributed by atoms with E-state index < -0.39 is 11.9 Å². The fourth-order valence-corrected chi connectivity index (χ4v) is 5.89. The van der Waals surface area contributed by atoms with Crippen molar-refractivity contribution >= 4 is 16.9 Å². The molecule has 3 unspecified atom stereocenters. The predicted octanol–water partition coefficient (Wildman–Crippen LogP) is 5.70. The Balaban J connectivity index is 1.53. The van der Waals surface area contributed by atoms with Gasteiger partial charge in [-0.15, -0.1) is 0 Å². The summed E-state index contributed by atoms with van der Waals surface area (Å²) in [6.45, 7) is 5.51. The lowest BCUT2D eigenvalue weighted by Gasteiger charge is -2.30. The van der Waals surface area contributed by atoms with Crippen LogP contribution in [0.5, 0.6) is 0 Å². The second-order valence-corrected chi connectivity index (χ2v) is 9.24. The van der Waals surface area contributed by atoms with Gasteiger partial charge in [-0.1, -0.05) is 18.2 Å². The highest BCUT2D eigenvalue weighted by Gasteiger charge is 2.54. The maximum absolute atomic E-state index is 14.3. The average molecular weight is 424 g/mol. The van der Waals surface area contributed by atoms with Gasteiger partial charge in [-0.3, -0.25) is 4.90 Å². The third-order valence-electron chi connectivity index (χ3n) is 7.20. The molecular weight excluding hydrogens is 398 g/mol. The van der Waals surface area contributed by atoms with Crippen LogP contribution in [-0.4, -0.2) is 33.4 Å². The summed E-state index contributed by atoms with van der Waals surface area (Å²) in [5.74, 6) is -3.77. The van der Waals surface area contributed by atoms with Gasteiger partial charge in [0.1, 0.15) is 0 Å². The monoisotopic (exact) mass is 424 g/mol. The molecule has 3 aromatic rings. The van der Waals surface area contributed by atoms with Crippen LogP contribution >= 0.6 is 0 Å². The number of nitrogens with one attached hydrogen (secondary N) is 1. The molecule has 31 heavy (non-hydrogen) atoms. The molecule has 6 heteroatoms. The molecule has 2 aliphatic rings. The van der Waals surface area contributed by atoms with Gasteiger partial charge in [-0.2, -0.15) is 0 Å². The number of alkyl halides is 2. The SMILES string of the molecule is Cc1cc(C)c2[nH]ccc2c1CN1CC2CC(F)(F)CC2C1c1ccc(C(=O)O)cc1. The van der Waals surface area contributed by atoms with E-state index in [4.69, 9.17) is 0 Å². The minimum absolute atomic E-state index is 0.0494. The van der Waals surface area contributed by atoms with Crippen LogP contribution in [0, 0.1) is 25.7 Å². The summed E-state index contributed by atoms with van der Waals surface area (Å²) < 4.78 is 28.5. The average Bonchev–Trinajstić information content (AvgIpc) is 3.37. The van der Waals surface area contributed by atoms with E-state index >= 15 is 0 Å². The Bertz CT molecular complexity index is 1150. The summed E-state index contributed by atoms with van der Waals surface area (Å²) in [6.07, 6.45) is 1.78. The molecule has 0 amide bonds. The molecule has 1 aliphatic heterocycles. The van der Waals surface area contributed by atoms with Crippen molar-refractivity contribution in [1.82, 2.24) is 9.88 Å². The first-order chi connectivity index (χ1) is 14.7. The number of fused-ring (bicyclic) bond motifs is 2. The summed E-state index contributed by atoms with van der Waals surface area (Å²) in [7, 11) is 0. The molecule has 2 heterocycles. The number of aryl methyl sites for hydroxylation is 2. The molecule has 1 saturated heterocycles. The van der Waals surface area contributed by atoms with Crippen LogP contribution in [0.2, 0.25) is 0 Å². The number of nitrogens with zero attached hydrogens (tertiary/aromatic N) is 1. The number of hydrogen-bond acceptors (Lipinski definition) is 2. The minimum atomic E-state index is -2.62. The van der Waals surface area contributed by atoms with Crippen molar-refractivity contribution in [2.45, 2.75) is 45.2 Å². The molecule has 2 aromatic carbocycles. The summed E-state index contributed by atoms with van der Waals surface area (Å²) in [5.41, 5.74) is 5.87. The number of carboxylic acids is 1. The van der Waals surface area contributed by atoms with Gasteiger partial charge in [0.2, 0.25) is 5.92 Å². The molecule has 2 fully saturated rings. The van der Waals surface area contributed by atoms with Gasteiger partial charge >= 0.3 is 5.97 Å². The van der Waals surface area contributed by atoms with E-state index in [-0.39, 0.29) is 36.3 Å². The lowest BCUT2D eigenvalue weighted by atomic mass is 9.88. The minimum Gasteiger partial charge on any atom is -0.478 e. The van der Waals surface area contributed by atoms with Gasteiger partial charge in [0.05, 0.1) is 5.56 Å². The number of halogens is 2. The van der Waals surface area contributed by atoms with Gasteiger partial charge in [-0.05, 0) is 66.1 Å². The van der Waals surface area contributed by atoms with Gasteiger partial charge in [-0.25, -0.2) is 13.6 Å². The van der Waals surface area contributed by atoms with Crippen molar-refractivity contribution in [1.29, 1.82) is 0 Å². The molecule has 4 nitrogen and oxygen atoms in total. The summed E-state index contributed by atoms with van der Waals surface area (Å²) in [6, 6.07) is 10.9. The molecule has 1 saturated carbocycles. The second-order valence-electron chi connectivity index (χ2n) is 9.24. The molecular formula is C25H26F2N2O2. The van der Waals surface area contributed by atoms with Gasteiger partial charge < -0.3 is 10.1 Å². The fraction of sp³-hybridized carbons (Fsp3) is 0.400. The maximum Gasteiger partial charge on any atom is 0.335 e. The Morgan fingerprint density at radius 1 is 1.16 bits per heavy atom. The normalized spacial score (nSPS) is 25.2. The van der Waals surface area contributed by atoms with Crippen LogP contribution in [0.1, 0.15) is 51.5 Å².